The molecule has 124 valence electrons. The molecule has 0 saturated carbocycles. The molecule has 6 nitrogen and oxygen atoms in total. The number of aromatic nitrogens is 1. The van der Waals surface area contributed by atoms with Gasteiger partial charge in [0.2, 0.25) is 0 Å². The maximum Gasteiger partial charge on any atom is 0.422 e. The monoisotopic (exact) mass is 329 g/mol. The van der Waals surface area contributed by atoms with Crippen molar-refractivity contribution in [3.8, 4) is 5.75 Å². The lowest BCUT2D eigenvalue weighted by Gasteiger charge is -2.13. The van der Waals surface area contributed by atoms with Crippen LogP contribution in [-0.2, 0) is 6.54 Å². The normalized spacial score (nSPS) is 11.1. The third kappa shape index (κ3) is 5.53. The first-order chi connectivity index (χ1) is 10.8. The fraction of sp³-hybridized carbons (Fsp3) is 0.286. The number of amides is 2. The van der Waals surface area contributed by atoms with Gasteiger partial charge in [-0.3, -0.25) is 0 Å². The SMILES string of the molecule is Cc1cc(CNC(=O)Nc2ccccc2OCC(F)(F)F)no1. The molecule has 0 unspecified atom stereocenters. The average molecular weight is 329 g/mol. The summed E-state index contributed by atoms with van der Waals surface area (Å²) in [6.07, 6.45) is -4.46. The molecule has 2 N–H and O–H groups in total. The van der Waals surface area contributed by atoms with E-state index < -0.39 is 18.8 Å². The number of para-hydroxylation sites is 2. The van der Waals surface area contributed by atoms with Gasteiger partial charge in [0.25, 0.3) is 0 Å². The second kappa shape index (κ2) is 7.03. The molecule has 0 aliphatic heterocycles. The van der Waals surface area contributed by atoms with E-state index in [2.05, 4.69) is 20.5 Å². The lowest BCUT2D eigenvalue weighted by atomic mass is 10.3. The number of alkyl halides is 3. The molecule has 1 aromatic heterocycles. The van der Waals surface area contributed by atoms with Gasteiger partial charge >= 0.3 is 12.2 Å². The number of rotatable bonds is 5. The number of carbonyl (C=O) groups excluding carboxylic acids is 1. The molecule has 0 bridgehead atoms. The minimum absolute atomic E-state index is 0.0720. The molecule has 1 aromatic carbocycles. The zero-order chi connectivity index (χ0) is 16.9. The number of aryl methyl sites for hydroxylation is 1. The highest BCUT2D eigenvalue weighted by Gasteiger charge is 2.28. The van der Waals surface area contributed by atoms with Crippen LogP contribution in [0.3, 0.4) is 0 Å². The van der Waals surface area contributed by atoms with Crippen LogP contribution in [0.25, 0.3) is 0 Å². The van der Waals surface area contributed by atoms with E-state index >= 15 is 0 Å². The number of benzene rings is 1. The van der Waals surface area contributed by atoms with E-state index in [-0.39, 0.29) is 18.0 Å². The van der Waals surface area contributed by atoms with E-state index in [0.29, 0.717) is 11.5 Å². The molecule has 2 rings (SSSR count). The van der Waals surface area contributed by atoms with Gasteiger partial charge in [-0.25, -0.2) is 4.79 Å². The summed E-state index contributed by atoms with van der Waals surface area (Å²) in [4.78, 5) is 11.8. The van der Waals surface area contributed by atoms with Gasteiger partial charge in [0.1, 0.15) is 17.2 Å². The number of hydrogen-bond donors (Lipinski definition) is 2. The summed E-state index contributed by atoms with van der Waals surface area (Å²) in [5, 5.41) is 8.63. The fourth-order valence-corrected chi connectivity index (χ4v) is 1.69. The van der Waals surface area contributed by atoms with Crippen LogP contribution in [0.15, 0.2) is 34.9 Å². The van der Waals surface area contributed by atoms with Crippen molar-refractivity contribution in [3.63, 3.8) is 0 Å². The molecule has 0 atom stereocenters. The molecule has 2 aromatic rings. The van der Waals surface area contributed by atoms with E-state index in [0.717, 1.165) is 0 Å². The van der Waals surface area contributed by atoms with Crippen LogP contribution in [-0.4, -0.2) is 24.0 Å². The number of hydrogen-bond acceptors (Lipinski definition) is 4. The van der Waals surface area contributed by atoms with Gasteiger partial charge in [-0.15, -0.1) is 0 Å². The number of nitrogens with zero attached hydrogens (tertiary/aromatic N) is 1. The average Bonchev–Trinajstić information content (AvgIpc) is 2.89. The number of carbonyl (C=O) groups is 1. The standard InChI is InChI=1S/C14H14F3N3O3/c1-9-6-10(20-23-9)7-18-13(21)19-11-4-2-3-5-12(11)22-8-14(15,16)17/h2-6H,7-8H2,1H3,(H2,18,19,21). The van der Waals surface area contributed by atoms with Crippen molar-refractivity contribution in [3.05, 3.63) is 41.8 Å². The zero-order valence-electron chi connectivity index (χ0n) is 12.1. The summed E-state index contributed by atoms with van der Waals surface area (Å²) in [6.45, 7) is 0.394. The first kappa shape index (κ1) is 16.7. The summed E-state index contributed by atoms with van der Waals surface area (Å²) in [5.74, 6) is 0.533. The van der Waals surface area contributed by atoms with E-state index in [4.69, 9.17) is 4.52 Å². The highest BCUT2D eigenvalue weighted by Crippen LogP contribution is 2.26. The maximum atomic E-state index is 12.2. The van der Waals surface area contributed by atoms with Gasteiger partial charge in [-0.1, -0.05) is 17.3 Å². The Morgan fingerprint density at radius 1 is 1.35 bits per heavy atom. The first-order valence-electron chi connectivity index (χ1n) is 6.59. The van der Waals surface area contributed by atoms with Crippen molar-refractivity contribution in [1.29, 1.82) is 0 Å². The van der Waals surface area contributed by atoms with Crippen molar-refractivity contribution in [1.82, 2.24) is 10.5 Å². The summed E-state index contributed by atoms with van der Waals surface area (Å²) in [6, 6.07) is 6.90. The van der Waals surface area contributed by atoms with Crippen LogP contribution < -0.4 is 15.4 Å². The van der Waals surface area contributed by atoms with Crippen molar-refractivity contribution in [2.45, 2.75) is 19.6 Å². The van der Waals surface area contributed by atoms with E-state index in [9.17, 15) is 18.0 Å². The molecule has 0 fully saturated rings. The Morgan fingerprint density at radius 2 is 2.09 bits per heavy atom. The molecule has 9 heteroatoms. The molecule has 0 aliphatic carbocycles. The fourth-order valence-electron chi connectivity index (χ4n) is 1.69. The molecule has 1 heterocycles. The third-order valence-corrected chi connectivity index (χ3v) is 2.63. The van der Waals surface area contributed by atoms with Crippen LogP contribution in [0.5, 0.6) is 5.75 Å². The Labute approximate surface area is 129 Å². The lowest BCUT2D eigenvalue weighted by molar-refractivity contribution is -0.153. The molecule has 0 spiro atoms. The van der Waals surface area contributed by atoms with Crippen LogP contribution in [0.1, 0.15) is 11.5 Å². The predicted octanol–water partition coefficient (Wildman–Crippen LogP) is 3.25. The van der Waals surface area contributed by atoms with Crippen LogP contribution >= 0.6 is 0 Å². The van der Waals surface area contributed by atoms with Crippen LogP contribution in [0.2, 0.25) is 0 Å². The number of halogens is 3. The van der Waals surface area contributed by atoms with Gasteiger partial charge in [0.15, 0.2) is 6.61 Å². The Morgan fingerprint density at radius 3 is 2.74 bits per heavy atom. The highest BCUT2D eigenvalue weighted by atomic mass is 19.4. The maximum absolute atomic E-state index is 12.2. The van der Waals surface area contributed by atoms with Crippen molar-refractivity contribution < 1.29 is 27.2 Å². The molecule has 0 saturated heterocycles. The third-order valence-electron chi connectivity index (χ3n) is 2.63. The van der Waals surface area contributed by atoms with Crippen molar-refractivity contribution in [2.24, 2.45) is 0 Å². The number of ether oxygens (including phenoxy) is 1. The number of urea groups is 1. The second-order valence-electron chi connectivity index (χ2n) is 4.64. The van der Waals surface area contributed by atoms with Gasteiger partial charge in [0.05, 0.1) is 12.2 Å². The quantitative estimate of drug-likeness (QED) is 0.883. The number of nitrogens with one attached hydrogen (secondary N) is 2. The second-order valence-corrected chi connectivity index (χ2v) is 4.64. The summed E-state index contributed by atoms with van der Waals surface area (Å²) >= 11 is 0. The van der Waals surface area contributed by atoms with E-state index in [1.165, 1.54) is 18.2 Å². The Hall–Kier alpha value is -2.71. The minimum atomic E-state index is -4.46. The van der Waals surface area contributed by atoms with Gasteiger partial charge in [-0.05, 0) is 19.1 Å². The van der Waals surface area contributed by atoms with Crippen LogP contribution in [0, 0.1) is 6.92 Å². The zero-order valence-corrected chi connectivity index (χ0v) is 12.1. The number of anilines is 1. The summed E-state index contributed by atoms with van der Waals surface area (Å²) < 4.78 is 46.1. The molecule has 0 aliphatic rings. The summed E-state index contributed by atoms with van der Waals surface area (Å²) in [7, 11) is 0. The smallest absolute Gasteiger partial charge is 0.422 e. The van der Waals surface area contributed by atoms with Crippen molar-refractivity contribution in [2.75, 3.05) is 11.9 Å². The van der Waals surface area contributed by atoms with Gasteiger partial charge in [-0.2, -0.15) is 13.2 Å². The Balaban J connectivity index is 1.92. The molecule has 0 radical (unpaired) electrons. The highest BCUT2D eigenvalue weighted by molar-refractivity contribution is 5.90. The molecule has 2 amide bonds. The van der Waals surface area contributed by atoms with Crippen LogP contribution in [0.4, 0.5) is 23.7 Å². The lowest BCUT2D eigenvalue weighted by Crippen LogP contribution is -2.28. The topological polar surface area (TPSA) is 76.4 Å². The molecular formula is C14H14F3N3O3. The van der Waals surface area contributed by atoms with Gasteiger partial charge < -0.3 is 19.9 Å². The van der Waals surface area contributed by atoms with E-state index in [1.54, 1.807) is 19.1 Å². The first-order valence-corrected chi connectivity index (χ1v) is 6.59. The van der Waals surface area contributed by atoms with Gasteiger partial charge in [0, 0.05) is 6.07 Å². The Kier molecular flexibility index (Phi) is 5.09. The largest absolute Gasteiger partial charge is 0.482 e. The molecular weight excluding hydrogens is 315 g/mol. The minimum Gasteiger partial charge on any atom is -0.482 e. The Bertz CT molecular complexity index is 671. The van der Waals surface area contributed by atoms with Crippen molar-refractivity contribution >= 4 is 11.7 Å². The van der Waals surface area contributed by atoms with E-state index in [1.807, 2.05) is 0 Å². The summed E-state index contributed by atoms with van der Waals surface area (Å²) in [5.41, 5.74) is 0.657. The molecule has 23 heavy (non-hydrogen) atoms. The predicted molar refractivity (Wildman–Crippen MR) is 75.1 cm³/mol.